The van der Waals surface area contributed by atoms with E-state index >= 15 is 0 Å². The molecule has 0 atom stereocenters. The molecule has 1 amide bonds. The molecule has 0 aliphatic heterocycles. The first-order chi connectivity index (χ1) is 10.2. The molecule has 0 spiro atoms. The number of hydrogen-bond donors (Lipinski definition) is 1. The van der Waals surface area contributed by atoms with Crippen molar-refractivity contribution in [1.82, 2.24) is 10.3 Å². The highest BCUT2D eigenvalue weighted by Crippen LogP contribution is 2.28. The summed E-state index contributed by atoms with van der Waals surface area (Å²) in [6.07, 6.45) is 5.49. The number of nitrogens with one attached hydrogen (secondary N) is 1. The Morgan fingerprint density at radius 3 is 2.71 bits per heavy atom. The largest absolute Gasteiger partial charge is 0.350 e. The number of aryl methyl sites for hydroxylation is 1. The average Bonchev–Trinajstić information content (AvgIpc) is 2.68. The molecule has 1 aliphatic rings. The lowest BCUT2D eigenvalue weighted by atomic mass is 9.96. The van der Waals surface area contributed by atoms with Crippen molar-refractivity contribution in [3.8, 4) is 0 Å². The summed E-state index contributed by atoms with van der Waals surface area (Å²) in [6, 6.07) is 8.14. The lowest BCUT2D eigenvalue weighted by molar-refractivity contribution is 0.0943. The van der Waals surface area contributed by atoms with Crippen LogP contribution >= 0.6 is 0 Å². The Kier molecular flexibility index (Phi) is 3.91. The topological polar surface area (TPSA) is 42.0 Å². The summed E-state index contributed by atoms with van der Waals surface area (Å²) in [4.78, 5) is 17.5. The second kappa shape index (κ2) is 5.84. The van der Waals surface area contributed by atoms with E-state index in [9.17, 15) is 4.79 Å². The number of aromatic nitrogens is 1. The maximum Gasteiger partial charge on any atom is 0.252 e. The summed E-state index contributed by atoms with van der Waals surface area (Å²) in [5.74, 6) is 0.0433. The van der Waals surface area contributed by atoms with Crippen molar-refractivity contribution < 1.29 is 4.79 Å². The maximum absolute atomic E-state index is 12.7. The Labute approximate surface area is 125 Å². The molecule has 0 radical (unpaired) electrons. The monoisotopic (exact) mass is 282 g/mol. The molecule has 3 heteroatoms. The van der Waals surface area contributed by atoms with Crippen LogP contribution in [0.5, 0.6) is 0 Å². The average molecular weight is 282 g/mol. The zero-order valence-corrected chi connectivity index (χ0v) is 12.8. The first-order valence-electron chi connectivity index (χ1n) is 7.88. The molecule has 0 saturated heterocycles. The van der Waals surface area contributed by atoms with Crippen molar-refractivity contribution in [2.75, 3.05) is 0 Å². The molecule has 1 aromatic carbocycles. The van der Waals surface area contributed by atoms with Crippen LogP contribution in [-0.4, -0.2) is 16.9 Å². The minimum Gasteiger partial charge on any atom is -0.350 e. The summed E-state index contributed by atoms with van der Waals surface area (Å²) < 4.78 is 0. The highest BCUT2D eigenvalue weighted by molar-refractivity contribution is 6.07. The summed E-state index contributed by atoms with van der Waals surface area (Å²) in [6.45, 7) is 4.00. The zero-order valence-electron chi connectivity index (χ0n) is 12.8. The number of benzene rings is 1. The number of carbonyl (C=O) groups is 1. The van der Waals surface area contributed by atoms with E-state index in [0.717, 1.165) is 41.4 Å². The van der Waals surface area contributed by atoms with E-state index in [1.54, 1.807) is 0 Å². The number of hydrogen-bond acceptors (Lipinski definition) is 2. The van der Waals surface area contributed by atoms with Gasteiger partial charge < -0.3 is 5.32 Å². The Morgan fingerprint density at radius 1 is 1.14 bits per heavy atom. The number of fused-ring (bicyclic) bond motifs is 2. The highest BCUT2D eigenvalue weighted by atomic mass is 16.1. The molecule has 21 heavy (non-hydrogen) atoms. The summed E-state index contributed by atoms with van der Waals surface area (Å²) in [5, 5.41) is 4.04. The van der Waals surface area contributed by atoms with Crippen molar-refractivity contribution in [2.24, 2.45) is 0 Å². The van der Waals surface area contributed by atoms with E-state index in [1.165, 1.54) is 18.4 Å². The third-order valence-electron chi connectivity index (χ3n) is 4.07. The van der Waals surface area contributed by atoms with Gasteiger partial charge in [-0.05, 0) is 51.2 Å². The minimum absolute atomic E-state index is 0.0433. The van der Waals surface area contributed by atoms with Gasteiger partial charge in [0.2, 0.25) is 0 Å². The van der Waals surface area contributed by atoms with Crippen molar-refractivity contribution in [2.45, 2.75) is 52.0 Å². The quantitative estimate of drug-likeness (QED) is 0.854. The van der Waals surface area contributed by atoms with E-state index in [1.807, 2.05) is 38.1 Å². The van der Waals surface area contributed by atoms with Crippen LogP contribution in [0.15, 0.2) is 24.3 Å². The predicted molar refractivity (Wildman–Crippen MR) is 85.6 cm³/mol. The number of carbonyl (C=O) groups excluding carboxylic acids is 1. The Hall–Kier alpha value is -1.90. The summed E-state index contributed by atoms with van der Waals surface area (Å²) in [7, 11) is 0. The Bertz CT molecular complexity index is 676. The third kappa shape index (κ3) is 2.78. The molecular weight excluding hydrogens is 260 g/mol. The van der Waals surface area contributed by atoms with Crippen molar-refractivity contribution >= 4 is 16.8 Å². The van der Waals surface area contributed by atoms with Crippen molar-refractivity contribution in [1.29, 1.82) is 0 Å². The van der Waals surface area contributed by atoms with Gasteiger partial charge >= 0.3 is 0 Å². The molecule has 1 N–H and O–H groups in total. The van der Waals surface area contributed by atoms with Crippen molar-refractivity contribution in [3.05, 3.63) is 41.1 Å². The standard InChI is InChI=1S/C18H22N2O/c1-12(2)19-18(21)17-13-8-4-3-5-10-15(13)20-16-11-7-6-9-14(16)17/h6-7,9,11-12H,3-5,8,10H2,1-2H3,(H,19,21). The van der Waals surface area contributed by atoms with E-state index in [2.05, 4.69) is 5.32 Å². The van der Waals surface area contributed by atoms with Crippen molar-refractivity contribution in [3.63, 3.8) is 0 Å². The molecule has 2 aromatic rings. The summed E-state index contributed by atoms with van der Waals surface area (Å²) in [5.41, 5.74) is 4.09. The fourth-order valence-electron chi connectivity index (χ4n) is 3.14. The molecule has 1 aliphatic carbocycles. The van der Waals surface area contributed by atoms with E-state index in [0.29, 0.717) is 0 Å². The van der Waals surface area contributed by atoms with Gasteiger partial charge in [0.15, 0.2) is 0 Å². The molecule has 0 fully saturated rings. The lowest BCUT2D eigenvalue weighted by Crippen LogP contribution is -2.31. The molecule has 1 aromatic heterocycles. The van der Waals surface area contributed by atoms with E-state index in [4.69, 9.17) is 4.98 Å². The predicted octanol–water partition coefficient (Wildman–Crippen LogP) is 3.64. The molecule has 0 bridgehead atoms. The fourth-order valence-corrected chi connectivity index (χ4v) is 3.14. The second-order valence-electron chi connectivity index (χ2n) is 6.12. The van der Waals surface area contributed by atoms with Gasteiger partial charge in [0.05, 0.1) is 11.1 Å². The molecule has 3 rings (SSSR count). The maximum atomic E-state index is 12.7. The van der Waals surface area contributed by atoms with Crippen LogP contribution in [0.1, 0.15) is 54.7 Å². The number of pyridine rings is 1. The van der Waals surface area contributed by atoms with E-state index in [-0.39, 0.29) is 11.9 Å². The highest BCUT2D eigenvalue weighted by Gasteiger charge is 2.21. The molecule has 1 heterocycles. The smallest absolute Gasteiger partial charge is 0.252 e. The normalized spacial score (nSPS) is 14.8. The van der Waals surface area contributed by atoms with Crippen LogP contribution in [0, 0.1) is 0 Å². The second-order valence-corrected chi connectivity index (χ2v) is 6.12. The Balaban J connectivity index is 2.22. The van der Waals surface area contributed by atoms with Gasteiger partial charge in [0.25, 0.3) is 5.91 Å². The van der Waals surface area contributed by atoms with Crippen LogP contribution in [0.25, 0.3) is 10.9 Å². The van der Waals surface area contributed by atoms with E-state index < -0.39 is 0 Å². The SMILES string of the molecule is CC(C)NC(=O)c1c2c(nc3ccccc13)CCCCC2. The molecule has 3 nitrogen and oxygen atoms in total. The van der Waals surface area contributed by atoms with Gasteiger partial charge in [-0.15, -0.1) is 0 Å². The van der Waals surface area contributed by atoms with Gasteiger partial charge in [-0.25, -0.2) is 0 Å². The number of para-hydroxylation sites is 1. The summed E-state index contributed by atoms with van der Waals surface area (Å²) >= 11 is 0. The van der Waals surface area contributed by atoms with Crippen LogP contribution in [0.2, 0.25) is 0 Å². The first-order valence-corrected chi connectivity index (χ1v) is 7.88. The lowest BCUT2D eigenvalue weighted by Gasteiger charge is -2.16. The minimum atomic E-state index is 0.0433. The van der Waals surface area contributed by atoms with Gasteiger partial charge in [-0.1, -0.05) is 24.6 Å². The van der Waals surface area contributed by atoms with Crippen LogP contribution in [-0.2, 0) is 12.8 Å². The number of rotatable bonds is 2. The zero-order chi connectivity index (χ0) is 14.8. The molecule has 0 saturated carbocycles. The van der Waals surface area contributed by atoms with Crippen LogP contribution in [0.4, 0.5) is 0 Å². The molecule has 110 valence electrons. The van der Waals surface area contributed by atoms with Gasteiger partial charge in [-0.2, -0.15) is 0 Å². The van der Waals surface area contributed by atoms with Crippen LogP contribution < -0.4 is 5.32 Å². The number of amides is 1. The number of nitrogens with zero attached hydrogens (tertiary/aromatic N) is 1. The van der Waals surface area contributed by atoms with Crippen LogP contribution in [0.3, 0.4) is 0 Å². The van der Waals surface area contributed by atoms with Gasteiger partial charge in [0, 0.05) is 17.1 Å². The first kappa shape index (κ1) is 14.1. The van der Waals surface area contributed by atoms with Gasteiger partial charge in [-0.3, -0.25) is 9.78 Å². The van der Waals surface area contributed by atoms with Gasteiger partial charge in [0.1, 0.15) is 0 Å². The molecule has 0 unspecified atom stereocenters. The third-order valence-corrected chi connectivity index (χ3v) is 4.07. The Morgan fingerprint density at radius 2 is 1.90 bits per heavy atom. The fraction of sp³-hybridized carbons (Fsp3) is 0.444. The molecular formula is C18H22N2O.